The summed E-state index contributed by atoms with van der Waals surface area (Å²) in [5, 5.41) is 20.6. The normalized spacial score (nSPS) is 14.2. The summed E-state index contributed by atoms with van der Waals surface area (Å²) in [6.45, 7) is 7.14. The van der Waals surface area contributed by atoms with E-state index in [0.29, 0.717) is 6.54 Å². The topological polar surface area (TPSA) is 124 Å². The number of aromatic nitrogens is 1. The molecule has 174 valence electrons. The number of carboxylic acid groups (broad SMARTS) is 2. The van der Waals surface area contributed by atoms with Crippen LogP contribution in [0.2, 0.25) is 0 Å². The van der Waals surface area contributed by atoms with Gasteiger partial charge in [-0.05, 0) is 50.2 Å². The Morgan fingerprint density at radius 2 is 1.72 bits per heavy atom. The molecule has 1 aliphatic rings. The van der Waals surface area contributed by atoms with Gasteiger partial charge in [0.15, 0.2) is 12.5 Å². The number of likely N-dealkylation sites (tertiary alicyclic amines) is 1. The molecule has 2 heterocycles. The molecule has 8 nitrogen and oxygen atoms in total. The molecule has 1 amide bonds. The summed E-state index contributed by atoms with van der Waals surface area (Å²) in [4.78, 5) is 37.1. The number of aliphatic carboxylic acids is 2. The summed E-state index contributed by atoms with van der Waals surface area (Å²) < 4.78 is 0. The summed E-state index contributed by atoms with van der Waals surface area (Å²) in [5.74, 6) is -3.87. The lowest BCUT2D eigenvalue weighted by Gasteiger charge is -2.19. The van der Waals surface area contributed by atoms with Gasteiger partial charge in [-0.2, -0.15) is 0 Å². The number of carbonyl (C=O) groups is 3. The molecule has 0 spiro atoms. The van der Waals surface area contributed by atoms with Crippen LogP contribution in [-0.2, 0) is 27.2 Å². The standard InChI is InChI=1S/C22H31N3O.C2H2O4/c1-3-11-19-17(4-2)22(18-12-7-8-13-20(18)23-19)24-21(26)16-25-14-9-5-6-10-15-25;3-1(4)2(5)6/h7-8,12-13H,3-6,9-11,14-16H2,1-2H3,(H,23,24,26);(H,3,4)(H,5,6). The Bertz CT molecular complexity index is 925. The first-order valence-electron chi connectivity index (χ1n) is 11.4. The number of aryl methyl sites for hydroxylation is 1. The average Bonchev–Trinajstić information content (AvgIpc) is 3.03. The summed E-state index contributed by atoms with van der Waals surface area (Å²) in [5.41, 5.74) is 4.29. The molecule has 1 aromatic heterocycles. The van der Waals surface area contributed by atoms with E-state index in [1.165, 1.54) is 36.1 Å². The van der Waals surface area contributed by atoms with Crippen molar-refractivity contribution in [3.63, 3.8) is 0 Å². The van der Waals surface area contributed by atoms with E-state index in [-0.39, 0.29) is 5.91 Å². The monoisotopic (exact) mass is 443 g/mol. The van der Waals surface area contributed by atoms with Gasteiger partial charge in [0.05, 0.1) is 24.3 Å². The Morgan fingerprint density at radius 1 is 1.09 bits per heavy atom. The molecular formula is C24H33N3O5. The van der Waals surface area contributed by atoms with Gasteiger partial charge in [-0.15, -0.1) is 0 Å². The molecule has 0 saturated carbocycles. The van der Waals surface area contributed by atoms with Crippen LogP contribution in [0, 0.1) is 0 Å². The Hall–Kier alpha value is -3.00. The van der Waals surface area contributed by atoms with E-state index in [1.54, 1.807) is 0 Å². The number of carbonyl (C=O) groups excluding carboxylic acids is 2. The van der Waals surface area contributed by atoms with Crippen molar-refractivity contribution in [2.75, 3.05) is 25.0 Å². The van der Waals surface area contributed by atoms with Crippen molar-refractivity contribution in [2.45, 2.75) is 58.8 Å². The van der Waals surface area contributed by atoms with Crippen molar-refractivity contribution in [1.82, 2.24) is 4.98 Å². The zero-order valence-corrected chi connectivity index (χ0v) is 18.9. The van der Waals surface area contributed by atoms with Crippen molar-refractivity contribution < 1.29 is 29.5 Å². The van der Waals surface area contributed by atoms with Gasteiger partial charge in [0.2, 0.25) is 0 Å². The molecular weight excluding hydrogens is 410 g/mol. The van der Waals surface area contributed by atoms with E-state index < -0.39 is 11.9 Å². The second kappa shape index (κ2) is 12.8. The van der Waals surface area contributed by atoms with Crippen molar-refractivity contribution in [3.8, 4) is 0 Å². The average molecular weight is 444 g/mol. The first-order valence-corrected chi connectivity index (χ1v) is 11.4. The molecule has 3 N–H and O–H groups in total. The molecule has 3 rings (SSSR count). The maximum absolute atomic E-state index is 12.8. The van der Waals surface area contributed by atoms with Crippen LogP contribution >= 0.6 is 0 Å². The molecule has 32 heavy (non-hydrogen) atoms. The smallest absolute Gasteiger partial charge is 0.351 e. The minimum atomic E-state index is -2.07. The molecule has 8 heteroatoms. The van der Waals surface area contributed by atoms with Crippen LogP contribution in [0.3, 0.4) is 0 Å². The highest BCUT2D eigenvalue weighted by Crippen LogP contribution is 2.29. The van der Waals surface area contributed by atoms with Crippen LogP contribution in [0.4, 0.5) is 5.69 Å². The van der Waals surface area contributed by atoms with Crippen LogP contribution in [0.5, 0.6) is 0 Å². The molecule has 1 saturated heterocycles. The lowest BCUT2D eigenvalue weighted by molar-refractivity contribution is -0.890. The highest BCUT2D eigenvalue weighted by molar-refractivity contribution is 6.26. The van der Waals surface area contributed by atoms with Gasteiger partial charge in [0.25, 0.3) is 5.91 Å². The van der Waals surface area contributed by atoms with E-state index in [0.717, 1.165) is 54.6 Å². The van der Waals surface area contributed by atoms with Gasteiger partial charge in [-0.3, -0.25) is 9.78 Å². The van der Waals surface area contributed by atoms with Crippen LogP contribution in [0.1, 0.15) is 57.2 Å². The zero-order valence-electron chi connectivity index (χ0n) is 18.9. The maximum atomic E-state index is 12.8. The van der Waals surface area contributed by atoms with Gasteiger partial charge >= 0.3 is 5.97 Å². The highest BCUT2D eigenvalue weighted by atomic mass is 16.4. The highest BCUT2D eigenvalue weighted by Gasteiger charge is 2.19. The number of hydrogen-bond acceptors (Lipinski definition) is 5. The van der Waals surface area contributed by atoms with Gasteiger partial charge in [-0.25, -0.2) is 4.79 Å². The number of carboxylic acids is 2. The summed E-state index contributed by atoms with van der Waals surface area (Å²) in [6.07, 6.45) is 7.99. The van der Waals surface area contributed by atoms with Crippen molar-refractivity contribution >= 4 is 34.4 Å². The Morgan fingerprint density at radius 3 is 2.28 bits per heavy atom. The van der Waals surface area contributed by atoms with E-state index in [4.69, 9.17) is 24.8 Å². The lowest BCUT2D eigenvalue weighted by atomic mass is 10.0. The molecule has 0 aliphatic carbocycles. The largest absolute Gasteiger partial charge is 0.539 e. The minimum absolute atomic E-state index is 0.135. The molecule has 0 radical (unpaired) electrons. The number of fused-ring (bicyclic) bond motifs is 1. The number of quaternary nitrogens is 1. The van der Waals surface area contributed by atoms with Crippen LogP contribution in [0.15, 0.2) is 24.3 Å². The van der Waals surface area contributed by atoms with E-state index in [1.807, 2.05) is 18.2 Å². The summed E-state index contributed by atoms with van der Waals surface area (Å²) >= 11 is 0. The van der Waals surface area contributed by atoms with Crippen molar-refractivity contribution in [3.05, 3.63) is 35.5 Å². The number of amides is 1. The quantitative estimate of drug-likeness (QED) is 0.572. The molecule has 0 bridgehead atoms. The predicted octanol–water partition coefficient (Wildman–Crippen LogP) is 0.968. The van der Waals surface area contributed by atoms with Gasteiger partial charge in [0.1, 0.15) is 0 Å². The molecule has 0 unspecified atom stereocenters. The Kier molecular flexibility index (Phi) is 10.1. The number of benzene rings is 1. The van der Waals surface area contributed by atoms with E-state index >= 15 is 0 Å². The third-order valence-electron chi connectivity index (χ3n) is 5.58. The number of nitrogens with zero attached hydrogens (tertiary/aromatic N) is 1. The first-order chi connectivity index (χ1) is 15.4. The second-order valence-electron chi connectivity index (χ2n) is 8.01. The SMILES string of the molecule is CCCc1nc2ccccc2c(NC(=O)C[NH+]2CCCCCC2)c1CC.O=C([O-])C(=O)O. The number of para-hydroxylation sites is 1. The van der Waals surface area contributed by atoms with Crippen LogP contribution in [0.25, 0.3) is 10.9 Å². The number of pyridine rings is 1. The Labute approximate surface area is 188 Å². The number of hydrogen-bond donors (Lipinski definition) is 3. The molecule has 1 fully saturated rings. The van der Waals surface area contributed by atoms with Gasteiger partial charge < -0.3 is 25.2 Å². The summed E-state index contributed by atoms with van der Waals surface area (Å²) in [6, 6.07) is 8.16. The van der Waals surface area contributed by atoms with Gasteiger partial charge in [-0.1, -0.05) is 38.5 Å². The fourth-order valence-corrected chi connectivity index (χ4v) is 4.09. The molecule has 2 aromatic rings. The fourth-order valence-electron chi connectivity index (χ4n) is 4.09. The second-order valence-corrected chi connectivity index (χ2v) is 8.01. The zero-order chi connectivity index (χ0) is 23.5. The van der Waals surface area contributed by atoms with Crippen LogP contribution < -0.4 is 15.3 Å². The van der Waals surface area contributed by atoms with E-state index in [9.17, 15) is 4.79 Å². The van der Waals surface area contributed by atoms with Gasteiger partial charge in [0, 0.05) is 11.1 Å². The fraction of sp³-hybridized carbons (Fsp3) is 0.500. The third kappa shape index (κ3) is 7.30. The lowest BCUT2D eigenvalue weighted by Crippen LogP contribution is -3.12. The Balaban J connectivity index is 0.000000534. The minimum Gasteiger partial charge on any atom is -0.539 e. The summed E-state index contributed by atoms with van der Waals surface area (Å²) in [7, 11) is 0. The van der Waals surface area contributed by atoms with Crippen LogP contribution in [-0.4, -0.2) is 47.6 Å². The number of anilines is 1. The molecule has 0 atom stereocenters. The number of nitrogens with one attached hydrogen (secondary N) is 2. The number of rotatable bonds is 6. The molecule has 1 aliphatic heterocycles. The maximum Gasteiger partial charge on any atom is 0.351 e. The van der Waals surface area contributed by atoms with Crippen molar-refractivity contribution in [2.24, 2.45) is 0 Å². The third-order valence-corrected chi connectivity index (χ3v) is 5.58. The predicted molar refractivity (Wildman–Crippen MR) is 120 cm³/mol. The van der Waals surface area contributed by atoms with E-state index in [2.05, 4.69) is 25.2 Å². The first kappa shape index (κ1) is 25.3. The molecule has 1 aromatic carbocycles. The van der Waals surface area contributed by atoms with Crippen molar-refractivity contribution in [1.29, 1.82) is 0 Å².